The number of alkyl halides is 3. The van der Waals surface area contributed by atoms with Crippen LogP contribution in [0.2, 0.25) is 0 Å². The van der Waals surface area contributed by atoms with Crippen molar-refractivity contribution < 1.29 is 23.1 Å². The van der Waals surface area contributed by atoms with Gasteiger partial charge in [-0.1, -0.05) is 0 Å². The van der Waals surface area contributed by atoms with Crippen LogP contribution in [0.5, 0.6) is 0 Å². The van der Waals surface area contributed by atoms with E-state index in [1.165, 1.54) is 0 Å². The van der Waals surface area contributed by atoms with Gasteiger partial charge in [-0.3, -0.25) is 4.79 Å². The first-order valence-corrected chi connectivity index (χ1v) is 4.99. The predicted octanol–water partition coefficient (Wildman–Crippen LogP) is 0.249. The molecule has 7 heteroatoms. The highest BCUT2D eigenvalue weighted by Crippen LogP contribution is 2.30. The van der Waals surface area contributed by atoms with Gasteiger partial charge < -0.3 is 15.7 Å². The summed E-state index contributed by atoms with van der Waals surface area (Å²) in [6.45, 7) is 0.895. The monoisotopic (exact) mass is 240 g/mol. The zero-order chi connectivity index (χ0) is 12.6. The van der Waals surface area contributed by atoms with Gasteiger partial charge in [0.2, 0.25) is 0 Å². The van der Waals surface area contributed by atoms with E-state index in [4.69, 9.17) is 5.73 Å². The van der Waals surface area contributed by atoms with Crippen LogP contribution in [0.1, 0.15) is 19.8 Å². The molecular formula is C9H15F3N2O2. The van der Waals surface area contributed by atoms with Crippen molar-refractivity contribution in [3.63, 3.8) is 0 Å². The van der Waals surface area contributed by atoms with Crippen LogP contribution in [-0.2, 0) is 4.79 Å². The van der Waals surface area contributed by atoms with Crippen molar-refractivity contribution in [2.75, 3.05) is 13.1 Å². The fraction of sp³-hybridized carbons (Fsp3) is 0.889. The number of carbonyl (C=O) groups excluding carboxylic acids is 1. The molecule has 4 nitrogen and oxygen atoms in total. The minimum absolute atomic E-state index is 0.114. The Hall–Kier alpha value is -0.820. The number of hydrogen-bond donors (Lipinski definition) is 2. The van der Waals surface area contributed by atoms with Gasteiger partial charge >= 0.3 is 6.18 Å². The van der Waals surface area contributed by atoms with Gasteiger partial charge in [-0.15, -0.1) is 0 Å². The number of aliphatic hydroxyl groups is 1. The second-order valence-corrected chi connectivity index (χ2v) is 4.22. The molecule has 1 rings (SSSR count). The Kier molecular flexibility index (Phi) is 3.49. The van der Waals surface area contributed by atoms with E-state index in [0.29, 0.717) is 19.8 Å². The van der Waals surface area contributed by atoms with Crippen LogP contribution in [0.15, 0.2) is 0 Å². The fourth-order valence-electron chi connectivity index (χ4n) is 1.52. The first kappa shape index (κ1) is 13.2. The van der Waals surface area contributed by atoms with Crippen LogP contribution in [0.4, 0.5) is 13.2 Å². The number of nitrogens with zero attached hydrogens (tertiary/aromatic N) is 1. The summed E-state index contributed by atoms with van der Waals surface area (Å²) < 4.78 is 37.5. The van der Waals surface area contributed by atoms with Crippen molar-refractivity contribution in [1.29, 1.82) is 0 Å². The van der Waals surface area contributed by atoms with Gasteiger partial charge in [-0.05, 0) is 19.8 Å². The number of piperidine rings is 1. The molecule has 1 heterocycles. The lowest BCUT2D eigenvalue weighted by Gasteiger charge is -2.36. The van der Waals surface area contributed by atoms with Crippen LogP contribution in [0, 0.1) is 0 Å². The smallest absolute Gasteiger partial charge is 0.393 e. The number of hydrogen-bond acceptors (Lipinski definition) is 3. The molecule has 3 N–H and O–H groups in total. The maximum atomic E-state index is 12.5. The van der Waals surface area contributed by atoms with Gasteiger partial charge in [-0.25, -0.2) is 0 Å². The van der Waals surface area contributed by atoms with Gasteiger partial charge in [0.05, 0.1) is 6.10 Å². The average Bonchev–Trinajstić information content (AvgIpc) is 2.16. The Morgan fingerprint density at radius 2 is 1.81 bits per heavy atom. The van der Waals surface area contributed by atoms with Crippen LogP contribution in [0.25, 0.3) is 0 Å². The third-order valence-corrected chi connectivity index (χ3v) is 2.78. The fourth-order valence-corrected chi connectivity index (χ4v) is 1.52. The predicted molar refractivity (Wildman–Crippen MR) is 50.5 cm³/mol. The summed E-state index contributed by atoms with van der Waals surface area (Å²) in [7, 11) is 0. The lowest BCUT2D eigenvalue weighted by Crippen LogP contribution is -2.63. The lowest BCUT2D eigenvalue weighted by molar-refractivity contribution is -0.194. The molecule has 1 unspecified atom stereocenters. The number of halogens is 3. The molecule has 94 valence electrons. The van der Waals surface area contributed by atoms with Gasteiger partial charge in [-0.2, -0.15) is 13.2 Å². The topological polar surface area (TPSA) is 66.6 Å². The van der Waals surface area contributed by atoms with Gasteiger partial charge in [0.1, 0.15) is 0 Å². The second-order valence-electron chi connectivity index (χ2n) is 4.22. The number of likely N-dealkylation sites (tertiary alicyclic amines) is 1. The van der Waals surface area contributed by atoms with Crippen molar-refractivity contribution >= 4 is 5.91 Å². The maximum Gasteiger partial charge on any atom is 0.415 e. The van der Waals surface area contributed by atoms with Gasteiger partial charge in [0, 0.05) is 13.1 Å². The average molecular weight is 240 g/mol. The number of aliphatic hydroxyl groups excluding tert-OH is 1. The van der Waals surface area contributed by atoms with Crippen LogP contribution in [0.3, 0.4) is 0 Å². The summed E-state index contributed by atoms with van der Waals surface area (Å²) >= 11 is 0. The summed E-state index contributed by atoms with van der Waals surface area (Å²) in [5.74, 6) is -1.13. The Balaban J connectivity index is 2.71. The zero-order valence-electron chi connectivity index (χ0n) is 8.92. The van der Waals surface area contributed by atoms with E-state index in [1.807, 2.05) is 0 Å². The molecular weight excluding hydrogens is 225 g/mol. The molecule has 1 amide bonds. The first-order chi connectivity index (χ1) is 7.16. The molecule has 0 spiro atoms. The lowest BCUT2D eigenvalue weighted by atomic mass is 9.99. The maximum absolute atomic E-state index is 12.5. The molecule has 0 aromatic carbocycles. The van der Waals surface area contributed by atoms with Crippen molar-refractivity contribution in [2.24, 2.45) is 5.73 Å². The Labute approximate surface area is 91.2 Å². The highest BCUT2D eigenvalue weighted by Gasteiger charge is 2.55. The summed E-state index contributed by atoms with van der Waals surface area (Å²) in [5, 5.41) is 9.18. The molecule has 1 fully saturated rings. The van der Waals surface area contributed by atoms with Crippen molar-refractivity contribution in [2.45, 2.75) is 37.6 Å². The molecule has 16 heavy (non-hydrogen) atoms. The minimum Gasteiger partial charge on any atom is -0.393 e. The standard InChI is InChI=1S/C9H15F3N2O2/c1-8(13,9(10,11)12)7(16)14-4-2-6(15)3-5-14/h6,15H,2-5,13H2,1H3. The second kappa shape index (κ2) is 4.21. The third-order valence-electron chi connectivity index (χ3n) is 2.78. The van der Waals surface area contributed by atoms with E-state index in [1.54, 1.807) is 0 Å². The summed E-state index contributed by atoms with van der Waals surface area (Å²) in [6, 6.07) is 0. The number of nitrogens with two attached hydrogens (primary N) is 1. The molecule has 1 aliphatic rings. The van der Waals surface area contributed by atoms with Crippen LogP contribution >= 0.6 is 0 Å². The van der Waals surface area contributed by atoms with Crippen LogP contribution < -0.4 is 5.73 Å². The van der Waals surface area contributed by atoms with E-state index in [-0.39, 0.29) is 13.1 Å². The van der Waals surface area contributed by atoms with E-state index in [0.717, 1.165) is 4.90 Å². The van der Waals surface area contributed by atoms with Crippen molar-refractivity contribution in [1.82, 2.24) is 4.90 Å². The highest BCUT2D eigenvalue weighted by atomic mass is 19.4. The molecule has 0 saturated carbocycles. The molecule has 1 atom stereocenters. The van der Waals surface area contributed by atoms with Crippen LogP contribution in [-0.4, -0.2) is 46.8 Å². The third kappa shape index (κ3) is 2.46. The summed E-state index contributed by atoms with van der Waals surface area (Å²) in [4.78, 5) is 12.6. The molecule has 1 saturated heterocycles. The van der Waals surface area contributed by atoms with E-state index in [9.17, 15) is 23.1 Å². The zero-order valence-corrected chi connectivity index (χ0v) is 8.92. The molecule has 0 aromatic heterocycles. The van der Waals surface area contributed by atoms with E-state index >= 15 is 0 Å². The molecule has 0 bridgehead atoms. The van der Waals surface area contributed by atoms with E-state index < -0.39 is 23.7 Å². The number of amides is 1. The Morgan fingerprint density at radius 1 is 1.38 bits per heavy atom. The number of carbonyl (C=O) groups is 1. The number of rotatable bonds is 1. The van der Waals surface area contributed by atoms with E-state index in [2.05, 4.69) is 0 Å². The highest BCUT2D eigenvalue weighted by molar-refractivity contribution is 5.86. The molecule has 1 aliphatic heterocycles. The van der Waals surface area contributed by atoms with Gasteiger partial charge in [0.25, 0.3) is 5.91 Å². The Morgan fingerprint density at radius 3 is 2.19 bits per heavy atom. The quantitative estimate of drug-likeness (QED) is 0.690. The molecule has 0 aliphatic carbocycles. The Bertz CT molecular complexity index is 270. The summed E-state index contributed by atoms with van der Waals surface area (Å²) in [5.41, 5.74) is 2.17. The van der Waals surface area contributed by atoms with Gasteiger partial charge in [0.15, 0.2) is 5.54 Å². The molecule has 0 aromatic rings. The SMILES string of the molecule is CC(N)(C(=O)N1CCC(O)CC1)C(F)(F)F. The summed E-state index contributed by atoms with van der Waals surface area (Å²) in [6.07, 6.45) is -4.72. The molecule has 0 radical (unpaired) electrons. The van der Waals surface area contributed by atoms with Crippen molar-refractivity contribution in [3.05, 3.63) is 0 Å². The minimum atomic E-state index is -4.76. The van der Waals surface area contributed by atoms with Crippen molar-refractivity contribution in [3.8, 4) is 0 Å². The normalized spacial score (nSPS) is 23.0. The first-order valence-electron chi connectivity index (χ1n) is 4.99. The largest absolute Gasteiger partial charge is 0.415 e.